The predicted molar refractivity (Wildman–Crippen MR) is 41.5 cm³/mol. The molecule has 0 radical (unpaired) electrons. The molecule has 0 spiro atoms. The summed E-state index contributed by atoms with van der Waals surface area (Å²) in [6, 6.07) is 1.30. The molecule has 0 saturated carbocycles. The van der Waals surface area contributed by atoms with E-state index in [4.69, 9.17) is 0 Å². The highest BCUT2D eigenvalue weighted by Gasteiger charge is 2.42. The zero-order valence-electron chi connectivity index (χ0n) is 6.41. The second-order valence-electron chi connectivity index (χ2n) is 2.39. The number of carbonyl (C=O) groups is 1. The Balaban J connectivity index is 3.09. The summed E-state index contributed by atoms with van der Waals surface area (Å²) in [6.07, 6.45) is -4.89. The van der Waals surface area contributed by atoms with Crippen LogP contribution < -0.4 is 0 Å². The zero-order valence-corrected chi connectivity index (χ0v) is 7.99. The third-order valence-electron chi connectivity index (χ3n) is 1.35. The maximum atomic E-state index is 11.9. The molecule has 1 aromatic rings. The summed E-state index contributed by atoms with van der Waals surface area (Å²) in [4.78, 5) is 10.7. The zero-order chi connectivity index (χ0) is 10.2. The molecule has 0 aliphatic heterocycles. The summed E-state index contributed by atoms with van der Waals surface area (Å²) in [5.41, 5.74) is 0.161. The molecule has 0 aromatic carbocycles. The number of ketones is 1. The van der Waals surface area contributed by atoms with Gasteiger partial charge in [-0.1, -0.05) is 0 Å². The maximum Gasteiger partial charge on any atom is 0.458 e. The van der Waals surface area contributed by atoms with Crippen molar-refractivity contribution in [3.63, 3.8) is 0 Å². The molecule has 0 aliphatic rings. The van der Waals surface area contributed by atoms with E-state index in [2.05, 4.69) is 20.3 Å². The lowest BCUT2D eigenvalue weighted by molar-refractivity contribution is -0.0900. The molecule has 0 bridgehead atoms. The van der Waals surface area contributed by atoms with Gasteiger partial charge in [-0.3, -0.25) is 4.79 Å². The average Bonchev–Trinajstić information content (AvgIpc) is 2.26. The van der Waals surface area contributed by atoms with Crippen LogP contribution in [-0.2, 0) is 0 Å². The molecule has 6 heteroatoms. The Morgan fingerprint density at radius 3 is 2.38 bits per heavy atom. The topological polar surface area (TPSA) is 30.2 Å². The minimum absolute atomic E-state index is 0.109. The Hall–Kier alpha value is -0.780. The van der Waals surface area contributed by atoms with Crippen LogP contribution >= 0.6 is 15.9 Å². The second-order valence-corrected chi connectivity index (χ2v) is 3.17. The summed E-state index contributed by atoms with van der Waals surface area (Å²) < 4.78 is 40.4. The number of hydrogen-bond acceptors (Lipinski definition) is 2. The Bertz CT molecular complexity index is 340. The van der Waals surface area contributed by atoms with Gasteiger partial charge in [-0.2, -0.15) is 13.2 Å². The van der Waals surface area contributed by atoms with E-state index in [0.29, 0.717) is 0 Å². The third-order valence-corrected chi connectivity index (χ3v) is 1.74. The van der Waals surface area contributed by atoms with Gasteiger partial charge in [0.15, 0.2) is 10.4 Å². The molecule has 1 rings (SSSR count). The molecular formula is C7H4BrF3O2. The fourth-order valence-electron chi connectivity index (χ4n) is 0.797. The average molecular weight is 257 g/mol. The van der Waals surface area contributed by atoms with Crippen LogP contribution in [0.15, 0.2) is 15.2 Å². The van der Waals surface area contributed by atoms with Crippen LogP contribution in [0.1, 0.15) is 16.1 Å². The van der Waals surface area contributed by atoms with Crippen molar-refractivity contribution < 1.29 is 22.4 Å². The molecule has 0 atom stereocenters. The van der Waals surface area contributed by atoms with Gasteiger partial charge >= 0.3 is 12.0 Å². The molecule has 2 nitrogen and oxygen atoms in total. The molecule has 72 valence electrons. The monoisotopic (exact) mass is 256 g/mol. The van der Waals surface area contributed by atoms with Crippen molar-refractivity contribution in [2.24, 2.45) is 0 Å². The third kappa shape index (κ3) is 2.12. The normalized spacial score (nSPS) is 11.8. The molecule has 13 heavy (non-hydrogen) atoms. The Labute approximate surface area is 79.8 Å². The standard InChI is InChI=1S/C7H4BrF3O2/c1-3-2-4(8)13-5(3)6(12)7(9,10)11/h2H,1H3. The largest absolute Gasteiger partial charge is 0.458 e. The van der Waals surface area contributed by atoms with Crippen LogP contribution in [0.2, 0.25) is 0 Å². The van der Waals surface area contributed by atoms with Crippen LogP contribution in [0.4, 0.5) is 13.2 Å². The van der Waals surface area contributed by atoms with Gasteiger partial charge in [-0.25, -0.2) is 0 Å². The lowest BCUT2D eigenvalue weighted by Gasteiger charge is -2.01. The number of hydrogen-bond donors (Lipinski definition) is 0. The predicted octanol–water partition coefficient (Wildman–Crippen LogP) is 3.10. The first-order valence-corrected chi connectivity index (χ1v) is 3.99. The fraction of sp³-hybridized carbons (Fsp3) is 0.286. The highest BCUT2D eigenvalue weighted by Crippen LogP contribution is 2.27. The molecule has 0 unspecified atom stereocenters. The highest BCUT2D eigenvalue weighted by molar-refractivity contribution is 9.10. The first kappa shape index (κ1) is 10.3. The van der Waals surface area contributed by atoms with Gasteiger partial charge in [0.2, 0.25) is 0 Å². The quantitative estimate of drug-likeness (QED) is 0.723. The Kier molecular flexibility index (Phi) is 2.51. The first-order chi connectivity index (χ1) is 5.82. The number of carbonyl (C=O) groups excluding carboxylic acids is 1. The van der Waals surface area contributed by atoms with E-state index in [1.54, 1.807) is 0 Å². The summed E-state index contributed by atoms with van der Waals surface area (Å²) >= 11 is 2.83. The van der Waals surface area contributed by atoms with E-state index in [9.17, 15) is 18.0 Å². The van der Waals surface area contributed by atoms with Crippen LogP contribution in [0.25, 0.3) is 0 Å². The molecule has 1 aromatic heterocycles. The summed E-state index contributed by atoms with van der Waals surface area (Å²) in [5.74, 6) is -2.63. The van der Waals surface area contributed by atoms with E-state index < -0.39 is 17.7 Å². The van der Waals surface area contributed by atoms with Gasteiger partial charge in [-0.05, 0) is 28.9 Å². The van der Waals surface area contributed by atoms with Gasteiger partial charge in [-0.15, -0.1) is 0 Å². The molecule has 0 saturated heterocycles. The molecule has 0 aliphatic carbocycles. The molecule has 0 amide bonds. The highest BCUT2D eigenvalue weighted by atomic mass is 79.9. The van der Waals surface area contributed by atoms with Crippen molar-refractivity contribution in [1.82, 2.24) is 0 Å². The lowest BCUT2D eigenvalue weighted by atomic mass is 10.2. The van der Waals surface area contributed by atoms with Crippen molar-refractivity contribution in [3.05, 3.63) is 22.1 Å². The summed E-state index contributed by atoms with van der Waals surface area (Å²) in [6.45, 7) is 1.37. The van der Waals surface area contributed by atoms with Crippen LogP contribution in [-0.4, -0.2) is 12.0 Å². The number of aryl methyl sites for hydroxylation is 1. The number of Topliss-reactive ketones (excluding diaryl/α,β-unsaturated/α-hetero) is 1. The minimum atomic E-state index is -4.89. The van der Waals surface area contributed by atoms with Crippen molar-refractivity contribution in [1.29, 1.82) is 0 Å². The lowest BCUT2D eigenvalue weighted by Crippen LogP contribution is -2.22. The van der Waals surface area contributed by atoms with Crippen molar-refractivity contribution in [2.45, 2.75) is 13.1 Å². The Morgan fingerprint density at radius 1 is 1.54 bits per heavy atom. The SMILES string of the molecule is Cc1cc(Br)oc1C(=O)C(F)(F)F. The number of rotatable bonds is 1. The van der Waals surface area contributed by atoms with E-state index in [1.165, 1.54) is 13.0 Å². The Morgan fingerprint density at radius 2 is 2.08 bits per heavy atom. The maximum absolute atomic E-state index is 11.9. The minimum Gasteiger partial charge on any atom is -0.446 e. The van der Waals surface area contributed by atoms with Crippen molar-refractivity contribution >= 4 is 21.7 Å². The first-order valence-electron chi connectivity index (χ1n) is 3.20. The molecular weight excluding hydrogens is 253 g/mol. The summed E-state index contributed by atoms with van der Waals surface area (Å²) in [7, 11) is 0. The van der Waals surface area contributed by atoms with E-state index in [0.717, 1.165) is 0 Å². The second kappa shape index (κ2) is 3.17. The van der Waals surface area contributed by atoms with Crippen LogP contribution in [0.5, 0.6) is 0 Å². The van der Waals surface area contributed by atoms with Gasteiger partial charge in [0, 0.05) is 5.56 Å². The molecule has 0 N–H and O–H groups in total. The van der Waals surface area contributed by atoms with Gasteiger partial charge in [0.05, 0.1) is 0 Å². The number of halogens is 4. The number of furan rings is 1. The van der Waals surface area contributed by atoms with Crippen LogP contribution in [0, 0.1) is 6.92 Å². The van der Waals surface area contributed by atoms with Gasteiger partial charge in [0.25, 0.3) is 0 Å². The van der Waals surface area contributed by atoms with Gasteiger partial charge < -0.3 is 4.42 Å². The van der Waals surface area contributed by atoms with E-state index >= 15 is 0 Å². The van der Waals surface area contributed by atoms with Crippen LogP contribution in [0.3, 0.4) is 0 Å². The molecule has 1 heterocycles. The summed E-state index contributed by atoms with van der Waals surface area (Å²) in [5, 5.41) is 0. The molecule has 0 fully saturated rings. The number of alkyl halides is 3. The van der Waals surface area contributed by atoms with Gasteiger partial charge in [0.1, 0.15) is 0 Å². The van der Waals surface area contributed by atoms with E-state index in [1.807, 2.05) is 0 Å². The van der Waals surface area contributed by atoms with E-state index in [-0.39, 0.29) is 10.2 Å². The van der Waals surface area contributed by atoms with Crippen molar-refractivity contribution in [2.75, 3.05) is 0 Å². The van der Waals surface area contributed by atoms with Crippen molar-refractivity contribution in [3.8, 4) is 0 Å². The fourth-order valence-corrected chi connectivity index (χ4v) is 1.30. The smallest absolute Gasteiger partial charge is 0.446 e.